The van der Waals surface area contributed by atoms with E-state index in [9.17, 15) is 4.79 Å². The van der Waals surface area contributed by atoms with Crippen molar-refractivity contribution in [3.8, 4) is 0 Å². The molecule has 0 aliphatic carbocycles. The number of amides is 1. The third-order valence-electron chi connectivity index (χ3n) is 6.59. The summed E-state index contributed by atoms with van der Waals surface area (Å²) in [7, 11) is 0. The van der Waals surface area contributed by atoms with Gasteiger partial charge in [0.05, 0.1) is 11.0 Å². The molecule has 0 aliphatic heterocycles. The topological polar surface area (TPSA) is 85.8 Å². The van der Waals surface area contributed by atoms with Gasteiger partial charge in [-0.3, -0.25) is 4.79 Å². The molecule has 35 heavy (non-hydrogen) atoms. The van der Waals surface area contributed by atoms with E-state index in [1.54, 1.807) is 0 Å². The summed E-state index contributed by atoms with van der Waals surface area (Å²) in [6.07, 6.45) is 12.7. The Hall–Kier alpha value is -3.41. The smallest absolute Gasteiger partial charge is 0.261 e. The number of nitrogen functional groups attached to an aromatic ring is 1. The van der Waals surface area contributed by atoms with Crippen molar-refractivity contribution in [1.29, 1.82) is 0 Å². The lowest BCUT2D eigenvalue weighted by atomic mass is 10.1. The van der Waals surface area contributed by atoms with Gasteiger partial charge in [0.1, 0.15) is 16.9 Å². The Bertz CT molecular complexity index is 1250. The van der Waals surface area contributed by atoms with Crippen LogP contribution in [0, 0.1) is 0 Å². The van der Waals surface area contributed by atoms with Crippen LogP contribution < -0.4 is 11.1 Å². The number of anilines is 2. The minimum absolute atomic E-state index is 0.259. The van der Waals surface area contributed by atoms with E-state index in [2.05, 4.69) is 12.2 Å². The lowest BCUT2D eigenvalue weighted by Crippen LogP contribution is -2.14. The fraction of sp³-hybridized carbons (Fsp3) is 0.414. The van der Waals surface area contributed by atoms with Gasteiger partial charge in [-0.2, -0.15) is 0 Å². The number of hydrogen-bond acceptors (Lipinski definition) is 4. The van der Waals surface area contributed by atoms with Gasteiger partial charge >= 0.3 is 0 Å². The van der Waals surface area contributed by atoms with Crippen molar-refractivity contribution in [2.45, 2.75) is 77.7 Å². The van der Waals surface area contributed by atoms with Crippen molar-refractivity contribution in [3.05, 3.63) is 60.2 Å². The predicted molar refractivity (Wildman–Crippen MR) is 146 cm³/mol. The molecule has 0 saturated carbocycles. The molecule has 6 nitrogen and oxygen atoms in total. The first kappa shape index (κ1) is 24.7. The zero-order chi connectivity index (χ0) is 24.5. The Morgan fingerprint density at radius 2 is 1.37 bits per heavy atom. The number of rotatable bonds is 13. The average molecular weight is 472 g/mol. The van der Waals surface area contributed by atoms with Crippen molar-refractivity contribution < 1.29 is 4.79 Å². The quantitative estimate of drug-likeness (QED) is 0.200. The van der Waals surface area contributed by atoms with E-state index < -0.39 is 0 Å². The van der Waals surface area contributed by atoms with Crippen LogP contribution in [0.5, 0.6) is 0 Å². The lowest BCUT2D eigenvalue weighted by molar-refractivity contribution is 0.102. The van der Waals surface area contributed by atoms with Gasteiger partial charge in [0.25, 0.3) is 5.91 Å². The second-order valence-corrected chi connectivity index (χ2v) is 9.30. The van der Waals surface area contributed by atoms with Crippen LogP contribution in [0.3, 0.4) is 0 Å². The van der Waals surface area contributed by atoms with Crippen molar-refractivity contribution in [3.63, 3.8) is 0 Å². The highest BCUT2D eigenvalue weighted by molar-refractivity contribution is 6.16. The van der Waals surface area contributed by atoms with Crippen LogP contribution in [-0.4, -0.2) is 20.4 Å². The van der Waals surface area contributed by atoms with E-state index in [0.29, 0.717) is 22.5 Å². The van der Waals surface area contributed by atoms with Crippen molar-refractivity contribution in [1.82, 2.24) is 14.5 Å². The number of benzene rings is 2. The summed E-state index contributed by atoms with van der Waals surface area (Å²) in [5, 5.41) is 2.96. The maximum Gasteiger partial charge on any atom is 0.261 e. The number of para-hydroxylation sites is 3. The van der Waals surface area contributed by atoms with Crippen molar-refractivity contribution in [2.75, 3.05) is 11.1 Å². The first-order valence-corrected chi connectivity index (χ1v) is 13.1. The number of carbonyl (C=O) groups excluding carboxylic acids is 1. The molecule has 0 aliphatic rings. The summed E-state index contributed by atoms with van der Waals surface area (Å²) in [5.74, 6) is 0.171. The van der Waals surface area contributed by atoms with Crippen molar-refractivity contribution in [2.24, 2.45) is 0 Å². The molecule has 2 heterocycles. The lowest BCUT2D eigenvalue weighted by Gasteiger charge is -2.08. The summed E-state index contributed by atoms with van der Waals surface area (Å²) < 4.78 is 1.97. The molecule has 0 unspecified atom stereocenters. The second kappa shape index (κ2) is 12.3. The molecule has 0 atom stereocenters. The number of fused-ring (bicyclic) bond motifs is 2. The SMILES string of the molecule is CCCCCCCCCCCCn1c(N)c(C(=O)Nc2ccccc2)c2nc3ccccc3nc21. The molecule has 0 saturated heterocycles. The van der Waals surface area contributed by atoms with E-state index in [1.165, 1.54) is 51.4 Å². The van der Waals surface area contributed by atoms with Crippen molar-refractivity contribution >= 4 is 39.6 Å². The van der Waals surface area contributed by atoms with Gasteiger partial charge in [-0.05, 0) is 30.7 Å². The molecular weight excluding hydrogens is 434 g/mol. The third kappa shape index (κ3) is 6.18. The number of nitrogens with one attached hydrogen (secondary N) is 1. The summed E-state index contributed by atoms with van der Waals surface area (Å²) in [6.45, 7) is 2.98. The highest BCUT2D eigenvalue weighted by Gasteiger charge is 2.24. The molecule has 3 N–H and O–H groups in total. The summed E-state index contributed by atoms with van der Waals surface area (Å²) in [6, 6.07) is 17.1. The summed E-state index contributed by atoms with van der Waals surface area (Å²) >= 11 is 0. The largest absolute Gasteiger partial charge is 0.384 e. The molecule has 4 aromatic rings. The van der Waals surface area contributed by atoms with E-state index in [1.807, 2.05) is 59.2 Å². The third-order valence-corrected chi connectivity index (χ3v) is 6.59. The van der Waals surface area contributed by atoms with Crippen LogP contribution in [0.1, 0.15) is 81.5 Å². The summed E-state index contributed by atoms with van der Waals surface area (Å²) in [5.41, 5.74) is 10.5. The Morgan fingerprint density at radius 1 is 0.800 bits per heavy atom. The monoisotopic (exact) mass is 471 g/mol. The normalized spacial score (nSPS) is 11.3. The van der Waals surface area contributed by atoms with Gasteiger partial charge in [-0.25, -0.2) is 9.97 Å². The number of unbranched alkanes of at least 4 members (excludes halogenated alkanes) is 9. The zero-order valence-electron chi connectivity index (χ0n) is 20.8. The molecule has 0 fully saturated rings. The Balaban J connectivity index is 1.48. The fourth-order valence-electron chi connectivity index (χ4n) is 4.64. The van der Waals surface area contributed by atoms with E-state index in [4.69, 9.17) is 15.7 Å². The van der Waals surface area contributed by atoms with Gasteiger partial charge in [-0.1, -0.05) is 95.0 Å². The molecule has 2 aromatic heterocycles. The maximum absolute atomic E-state index is 13.3. The molecule has 0 spiro atoms. The Labute approximate surface area is 208 Å². The van der Waals surface area contributed by atoms with Gasteiger partial charge in [-0.15, -0.1) is 0 Å². The standard InChI is InChI=1S/C29H37N5O/c1-2-3-4-5-6-7-8-9-10-16-21-34-27(30)25(29(35)31-22-17-12-11-13-18-22)26-28(34)33-24-20-15-14-19-23(24)32-26/h11-15,17-20H,2-10,16,21,30H2,1H3,(H,31,35). The molecule has 0 radical (unpaired) electrons. The minimum Gasteiger partial charge on any atom is -0.384 e. The molecular formula is C29H37N5O. The van der Waals surface area contributed by atoms with Gasteiger partial charge in [0, 0.05) is 12.2 Å². The predicted octanol–water partition coefficient (Wildman–Crippen LogP) is 7.34. The maximum atomic E-state index is 13.3. The highest BCUT2D eigenvalue weighted by atomic mass is 16.1. The van der Waals surface area contributed by atoms with Crippen LogP contribution in [-0.2, 0) is 6.54 Å². The second-order valence-electron chi connectivity index (χ2n) is 9.30. The fourth-order valence-corrected chi connectivity index (χ4v) is 4.64. The number of hydrogen-bond donors (Lipinski definition) is 2. The molecule has 6 heteroatoms. The zero-order valence-corrected chi connectivity index (χ0v) is 20.8. The number of nitrogens with two attached hydrogens (primary N) is 1. The molecule has 2 aromatic carbocycles. The van der Waals surface area contributed by atoms with Crippen LogP contribution in [0.25, 0.3) is 22.2 Å². The number of aromatic nitrogens is 3. The van der Waals surface area contributed by atoms with E-state index in [-0.39, 0.29) is 5.91 Å². The number of aryl methyl sites for hydroxylation is 1. The molecule has 1 amide bonds. The van der Waals surface area contributed by atoms with Gasteiger partial charge < -0.3 is 15.6 Å². The van der Waals surface area contributed by atoms with Crippen LogP contribution >= 0.6 is 0 Å². The molecule has 4 rings (SSSR count). The van der Waals surface area contributed by atoms with Gasteiger partial charge in [0.15, 0.2) is 5.65 Å². The average Bonchev–Trinajstić information content (AvgIpc) is 3.14. The first-order chi connectivity index (χ1) is 17.2. The van der Waals surface area contributed by atoms with Crippen LogP contribution in [0.4, 0.5) is 11.5 Å². The Morgan fingerprint density at radius 3 is 2.03 bits per heavy atom. The molecule has 184 valence electrons. The molecule has 0 bridgehead atoms. The van der Waals surface area contributed by atoms with Crippen LogP contribution in [0.2, 0.25) is 0 Å². The van der Waals surface area contributed by atoms with E-state index >= 15 is 0 Å². The van der Waals surface area contributed by atoms with Gasteiger partial charge in [0.2, 0.25) is 0 Å². The number of carbonyl (C=O) groups is 1. The van der Waals surface area contributed by atoms with Crippen LogP contribution in [0.15, 0.2) is 54.6 Å². The minimum atomic E-state index is -0.259. The van der Waals surface area contributed by atoms with E-state index in [0.717, 1.165) is 36.1 Å². The Kier molecular flexibility index (Phi) is 8.71. The summed E-state index contributed by atoms with van der Waals surface area (Å²) in [4.78, 5) is 22.9. The highest BCUT2D eigenvalue weighted by Crippen LogP contribution is 2.29. The first-order valence-electron chi connectivity index (χ1n) is 13.1. The number of nitrogens with zero attached hydrogens (tertiary/aromatic N) is 3.